The van der Waals surface area contributed by atoms with Gasteiger partial charge in [-0.1, -0.05) is 0 Å². The van der Waals surface area contributed by atoms with Crippen LogP contribution in [0.1, 0.15) is 31.3 Å². The molecule has 0 aliphatic carbocycles. The van der Waals surface area contributed by atoms with E-state index in [9.17, 15) is 4.79 Å². The Bertz CT molecular complexity index is 371. The molecule has 5 heteroatoms. The molecule has 1 heterocycles. The number of carbonyl (C=O) groups excluding carboxylic acids is 1. The van der Waals surface area contributed by atoms with Crippen LogP contribution in [0.25, 0.3) is 0 Å². The third-order valence-corrected chi connectivity index (χ3v) is 2.95. The Hall–Kier alpha value is -0.680. The van der Waals surface area contributed by atoms with Crippen molar-refractivity contribution in [2.75, 3.05) is 7.11 Å². The third-order valence-electron chi connectivity index (χ3n) is 2.37. The van der Waals surface area contributed by atoms with Gasteiger partial charge < -0.3 is 4.74 Å². The van der Waals surface area contributed by atoms with Gasteiger partial charge in [0.25, 0.3) is 0 Å². The summed E-state index contributed by atoms with van der Waals surface area (Å²) in [4.78, 5) is 12.1. The van der Waals surface area contributed by atoms with Crippen molar-refractivity contribution >= 4 is 21.7 Å². The molecule has 0 bridgehead atoms. The molecule has 0 saturated heterocycles. The fourth-order valence-corrected chi connectivity index (χ4v) is 1.68. The standard InChI is InChI=1S/C10H15BrN2O2/c1-5-13-8(7(11)6-12-13)9(14)10(2,3)15-4/h6H,5H2,1-4H3. The Morgan fingerprint density at radius 2 is 2.27 bits per heavy atom. The van der Waals surface area contributed by atoms with E-state index in [1.165, 1.54) is 7.11 Å². The molecular weight excluding hydrogens is 260 g/mol. The van der Waals surface area contributed by atoms with Crippen LogP contribution in [-0.2, 0) is 11.3 Å². The van der Waals surface area contributed by atoms with E-state index in [-0.39, 0.29) is 5.78 Å². The molecular formula is C10H15BrN2O2. The van der Waals surface area contributed by atoms with Crippen molar-refractivity contribution in [3.63, 3.8) is 0 Å². The van der Waals surface area contributed by atoms with Crippen LogP contribution in [-0.4, -0.2) is 28.3 Å². The first kappa shape index (κ1) is 12.4. The first-order chi connectivity index (χ1) is 6.94. The lowest BCUT2D eigenvalue weighted by Crippen LogP contribution is -2.35. The van der Waals surface area contributed by atoms with Gasteiger partial charge in [-0.25, -0.2) is 0 Å². The molecule has 84 valence electrons. The summed E-state index contributed by atoms with van der Waals surface area (Å²) in [5.41, 5.74) is -0.264. The summed E-state index contributed by atoms with van der Waals surface area (Å²) >= 11 is 3.32. The molecule has 0 atom stereocenters. The number of aryl methyl sites for hydroxylation is 1. The minimum absolute atomic E-state index is 0.0729. The van der Waals surface area contributed by atoms with E-state index in [0.717, 1.165) is 0 Å². The smallest absolute Gasteiger partial charge is 0.213 e. The van der Waals surface area contributed by atoms with E-state index in [1.54, 1.807) is 24.7 Å². The average Bonchev–Trinajstić information content (AvgIpc) is 2.58. The van der Waals surface area contributed by atoms with Crippen LogP contribution in [0.15, 0.2) is 10.7 Å². The molecule has 0 spiro atoms. The number of aromatic nitrogens is 2. The third kappa shape index (κ3) is 2.29. The molecule has 1 aromatic rings. The van der Waals surface area contributed by atoms with E-state index >= 15 is 0 Å². The number of nitrogens with zero attached hydrogens (tertiary/aromatic N) is 2. The maximum absolute atomic E-state index is 12.1. The molecule has 4 nitrogen and oxygen atoms in total. The Morgan fingerprint density at radius 3 is 2.73 bits per heavy atom. The van der Waals surface area contributed by atoms with Crippen LogP contribution < -0.4 is 0 Å². The summed E-state index contributed by atoms with van der Waals surface area (Å²) in [5.74, 6) is -0.0729. The SMILES string of the molecule is CCn1ncc(Br)c1C(=O)C(C)(C)OC. The Labute approximate surface area is 97.7 Å². The number of carbonyl (C=O) groups is 1. The van der Waals surface area contributed by atoms with Crippen LogP contribution in [0.4, 0.5) is 0 Å². The number of rotatable bonds is 4. The fraction of sp³-hybridized carbons (Fsp3) is 0.600. The van der Waals surface area contributed by atoms with Gasteiger partial charge in [-0.2, -0.15) is 5.10 Å². The lowest BCUT2D eigenvalue weighted by molar-refractivity contribution is 0.0218. The lowest BCUT2D eigenvalue weighted by atomic mass is 10.0. The number of hydrogen-bond acceptors (Lipinski definition) is 3. The fourth-order valence-electron chi connectivity index (χ4n) is 1.21. The number of hydrogen-bond donors (Lipinski definition) is 0. The first-order valence-electron chi connectivity index (χ1n) is 4.75. The monoisotopic (exact) mass is 274 g/mol. The summed E-state index contributed by atoms with van der Waals surface area (Å²) in [6, 6.07) is 0. The van der Waals surface area contributed by atoms with E-state index in [2.05, 4.69) is 21.0 Å². The van der Waals surface area contributed by atoms with Crippen molar-refractivity contribution in [3.8, 4) is 0 Å². The van der Waals surface area contributed by atoms with Crippen molar-refractivity contribution < 1.29 is 9.53 Å². The molecule has 0 unspecified atom stereocenters. The second-order valence-electron chi connectivity index (χ2n) is 3.70. The molecule has 0 aromatic carbocycles. The highest BCUT2D eigenvalue weighted by atomic mass is 79.9. The molecule has 0 aliphatic rings. The predicted octanol–water partition coefficient (Wildman–Crippen LogP) is 2.27. The first-order valence-corrected chi connectivity index (χ1v) is 5.54. The molecule has 0 N–H and O–H groups in total. The summed E-state index contributed by atoms with van der Waals surface area (Å²) in [5, 5.41) is 4.10. The van der Waals surface area contributed by atoms with E-state index in [4.69, 9.17) is 4.74 Å². The molecule has 0 saturated carbocycles. The number of Topliss-reactive ketones (excluding diaryl/α,β-unsaturated/α-hetero) is 1. The van der Waals surface area contributed by atoms with Crippen LogP contribution in [0, 0.1) is 0 Å². The number of ether oxygens (including phenoxy) is 1. The van der Waals surface area contributed by atoms with Gasteiger partial charge in [0.2, 0.25) is 5.78 Å². The molecule has 1 aromatic heterocycles. The Morgan fingerprint density at radius 1 is 1.67 bits per heavy atom. The zero-order valence-electron chi connectivity index (χ0n) is 9.37. The quantitative estimate of drug-likeness (QED) is 0.792. The van der Waals surface area contributed by atoms with Crippen molar-refractivity contribution in [2.45, 2.75) is 32.9 Å². The van der Waals surface area contributed by atoms with Gasteiger partial charge in [-0.15, -0.1) is 0 Å². The van der Waals surface area contributed by atoms with Crippen molar-refractivity contribution in [2.24, 2.45) is 0 Å². The largest absolute Gasteiger partial charge is 0.371 e. The second-order valence-corrected chi connectivity index (χ2v) is 4.55. The second kappa shape index (κ2) is 4.45. The minimum atomic E-state index is -0.824. The topological polar surface area (TPSA) is 44.1 Å². The van der Waals surface area contributed by atoms with Gasteiger partial charge in [-0.3, -0.25) is 9.48 Å². The molecule has 0 amide bonds. The van der Waals surface area contributed by atoms with Gasteiger partial charge in [-0.05, 0) is 36.7 Å². The van der Waals surface area contributed by atoms with Gasteiger partial charge in [0.15, 0.2) is 0 Å². The average molecular weight is 275 g/mol. The number of ketones is 1. The molecule has 0 radical (unpaired) electrons. The predicted molar refractivity (Wildman–Crippen MR) is 61.0 cm³/mol. The van der Waals surface area contributed by atoms with Crippen LogP contribution in [0.2, 0.25) is 0 Å². The zero-order valence-corrected chi connectivity index (χ0v) is 11.0. The maximum Gasteiger partial charge on any atom is 0.213 e. The minimum Gasteiger partial charge on any atom is -0.371 e. The summed E-state index contributed by atoms with van der Waals surface area (Å²) in [7, 11) is 1.53. The Kier molecular flexibility index (Phi) is 3.67. The maximum atomic E-state index is 12.1. The van der Waals surface area contributed by atoms with E-state index in [1.807, 2.05) is 6.92 Å². The summed E-state index contributed by atoms with van der Waals surface area (Å²) in [6.45, 7) is 6.09. The van der Waals surface area contributed by atoms with Crippen molar-refractivity contribution in [3.05, 3.63) is 16.4 Å². The highest BCUT2D eigenvalue weighted by Crippen LogP contribution is 2.23. The highest BCUT2D eigenvalue weighted by Gasteiger charge is 2.32. The molecule has 15 heavy (non-hydrogen) atoms. The van der Waals surface area contributed by atoms with Crippen LogP contribution in [0.3, 0.4) is 0 Å². The van der Waals surface area contributed by atoms with Crippen molar-refractivity contribution in [1.82, 2.24) is 9.78 Å². The summed E-state index contributed by atoms with van der Waals surface area (Å²) < 4.78 is 7.53. The van der Waals surface area contributed by atoms with Gasteiger partial charge in [0, 0.05) is 13.7 Å². The number of methoxy groups -OCH3 is 1. The molecule has 1 rings (SSSR count). The highest BCUT2D eigenvalue weighted by molar-refractivity contribution is 9.10. The van der Waals surface area contributed by atoms with E-state index < -0.39 is 5.60 Å². The van der Waals surface area contributed by atoms with Crippen molar-refractivity contribution in [1.29, 1.82) is 0 Å². The normalized spacial score (nSPS) is 11.8. The zero-order chi connectivity index (χ0) is 11.6. The van der Waals surface area contributed by atoms with Gasteiger partial charge in [0.1, 0.15) is 11.3 Å². The van der Waals surface area contributed by atoms with Crippen LogP contribution >= 0.6 is 15.9 Å². The number of halogens is 1. The summed E-state index contributed by atoms with van der Waals surface area (Å²) in [6.07, 6.45) is 1.63. The van der Waals surface area contributed by atoms with Gasteiger partial charge in [0.05, 0.1) is 10.7 Å². The van der Waals surface area contributed by atoms with Gasteiger partial charge >= 0.3 is 0 Å². The van der Waals surface area contributed by atoms with E-state index in [0.29, 0.717) is 16.7 Å². The lowest BCUT2D eigenvalue weighted by Gasteiger charge is -2.21. The Balaban J connectivity index is 3.16. The van der Waals surface area contributed by atoms with Crippen LogP contribution in [0.5, 0.6) is 0 Å². The molecule has 0 fully saturated rings. The molecule has 0 aliphatic heterocycles.